The number of nitrogens with zero attached hydrogens (tertiary/aromatic N) is 2. The third-order valence-electron chi connectivity index (χ3n) is 3.90. The van der Waals surface area contributed by atoms with Crippen LogP contribution in [0.4, 0.5) is 15.2 Å². The van der Waals surface area contributed by atoms with E-state index in [-0.39, 0.29) is 11.6 Å². The molecule has 27 heavy (non-hydrogen) atoms. The summed E-state index contributed by atoms with van der Waals surface area (Å²) in [5, 5.41) is 3.77. The molecule has 4 rings (SSSR count). The van der Waals surface area contributed by atoms with Crippen LogP contribution in [0.25, 0.3) is 11.3 Å². The number of thiazole rings is 1. The molecular weight excluding hydrogens is 361 g/mol. The maximum absolute atomic E-state index is 13.2. The third-order valence-corrected chi connectivity index (χ3v) is 4.87. The average molecular weight is 375 g/mol. The Balaban J connectivity index is 1.76. The first-order chi connectivity index (χ1) is 13.2. The Bertz CT molecular complexity index is 1060. The van der Waals surface area contributed by atoms with Crippen LogP contribution in [0.2, 0.25) is 0 Å². The molecule has 132 valence electrons. The zero-order valence-corrected chi connectivity index (χ0v) is 14.9. The molecule has 0 aliphatic heterocycles. The lowest BCUT2D eigenvalue weighted by Crippen LogP contribution is -2.00. The van der Waals surface area contributed by atoms with E-state index in [1.807, 2.05) is 42.5 Å². The minimum atomic E-state index is -0.377. The molecule has 0 amide bonds. The predicted octanol–water partition coefficient (Wildman–Crippen LogP) is 5.32. The lowest BCUT2D eigenvalue weighted by Gasteiger charge is -2.02. The highest BCUT2D eigenvalue weighted by Crippen LogP contribution is 2.34. The molecule has 0 saturated heterocycles. The van der Waals surface area contributed by atoms with Gasteiger partial charge in [-0.2, -0.15) is 0 Å². The van der Waals surface area contributed by atoms with Crippen LogP contribution in [0, 0.1) is 5.82 Å². The van der Waals surface area contributed by atoms with Gasteiger partial charge in [0.25, 0.3) is 0 Å². The standard InChI is InChI=1S/C21H14FN3OS/c22-16-10-8-15(9-11-16)19(26)20-18(14-5-2-1-3-6-14)25-21(27-20)24-17-7-4-12-23-13-17/h1-13H,(H,24,25). The van der Waals surface area contributed by atoms with Gasteiger partial charge >= 0.3 is 0 Å². The fraction of sp³-hybridized carbons (Fsp3) is 0. The monoisotopic (exact) mass is 375 g/mol. The van der Waals surface area contributed by atoms with Crippen LogP contribution in [0.1, 0.15) is 15.2 Å². The highest BCUT2D eigenvalue weighted by Gasteiger charge is 2.21. The number of nitrogens with one attached hydrogen (secondary N) is 1. The fourth-order valence-electron chi connectivity index (χ4n) is 2.61. The summed E-state index contributed by atoms with van der Waals surface area (Å²) in [6.45, 7) is 0. The minimum Gasteiger partial charge on any atom is -0.330 e. The van der Waals surface area contributed by atoms with Gasteiger partial charge in [-0.05, 0) is 36.4 Å². The van der Waals surface area contributed by atoms with Gasteiger partial charge in [-0.15, -0.1) is 0 Å². The number of aromatic nitrogens is 2. The van der Waals surface area contributed by atoms with Crippen LogP contribution < -0.4 is 5.32 Å². The number of carbonyl (C=O) groups excluding carboxylic acids is 1. The molecule has 2 heterocycles. The summed E-state index contributed by atoms with van der Waals surface area (Å²) in [5.41, 5.74) is 2.65. The van der Waals surface area contributed by atoms with Gasteiger partial charge in [0.15, 0.2) is 5.13 Å². The summed E-state index contributed by atoms with van der Waals surface area (Å²) in [4.78, 5) is 22.2. The normalized spacial score (nSPS) is 10.6. The van der Waals surface area contributed by atoms with Gasteiger partial charge in [-0.1, -0.05) is 41.7 Å². The van der Waals surface area contributed by atoms with Gasteiger partial charge in [0.05, 0.1) is 17.6 Å². The van der Waals surface area contributed by atoms with Crippen molar-refractivity contribution >= 4 is 27.9 Å². The maximum Gasteiger partial charge on any atom is 0.205 e. The Kier molecular flexibility index (Phi) is 4.72. The second kappa shape index (κ2) is 7.47. The number of anilines is 2. The molecule has 0 aliphatic rings. The van der Waals surface area contributed by atoms with Gasteiger partial charge < -0.3 is 5.32 Å². The average Bonchev–Trinajstić information content (AvgIpc) is 3.13. The van der Waals surface area contributed by atoms with Gasteiger partial charge in [0.1, 0.15) is 10.7 Å². The zero-order chi connectivity index (χ0) is 18.6. The van der Waals surface area contributed by atoms with Crippen molar-refractivity contribution in [3.63, 3.8) is 0 Å². The number of pyridine rings is 1. The molecule has 1 N–H and O–H groups in total. The molecule has 0 saturated carbocycles. The first-order valence-electron chi connectivity index (χ1n) is 8.24. The van der Waals surface area contributed by atoms with E-state index in [1.54, 1.807) is 12.4 Å². The molecule has 4 aromatic rings. The molecule has 0 bridgehead atoms. The molecule has 0 fully saturated rings. The lowest BCUT2D eigenvalue weighted by atomic mass is 10.1. The van der Waals surface area contributed by atoms with Gasteiger partial charge in [-0.3, -0.25) is 9.78 Å². The van der Waals surface area contributed by atoms with Gasteiger partial charge in [0, 0.05) is 17.3 Å². The number of benzene rings is 2. The van der Waals surface area contributed by atoms with E-state index in [1.165, 1.54) is 35.6 Å². The Labute approximate surface area is 159 Å². The fourth-order valence-corrected chi connectivity index (χ4v) is 3.58. The molecule has 0 radical (unpaired) electrons. The van der Waals surface area contributed by atoms with E-state index >= 15 is 0 Å². The predicted molar refractivity (Wildman–Crippen MR) is 105 cm³/mol. The Hall–Kier alpha value is -3.38. The van der Waals surface area contributed by atoms with Crippen LogP contribution in [0.5, 0.6) is 0 Å². The van der Waals surface area contributed by atoms with Crippen LogP contribution in [0.3, 0.4) is 0 Å². The summed E-state index contributed by atoms with van der Waals surface area (Å²) in [7, 11) is 0. The summed E-state index contributed by atoms with van der Waals surface area (Å²) >= 11 is 1.26. The van der Waals surface area contributed by atoms with E-state index in [2.05, 4.69) is 15.3 Å². The number of ketones is 1. The van der Waals surface area contributed by atoms with Crippen molar-refractivity contribution in [3.8, 4) is 11.3 Å². The quantitative estimate of drug-likeness (QED) is 0.480. The Morgan fingerprint density at radius 2 is 1.74 bits per heavy atom. The summed E-state index contributed by atoms with van der Waals surface area (Å²) in [6.07, 6.45) is 3.37. The molecule has 0 atom stereocenters. The number of hydrogen-bond donors (Lipinski definition) is 1. The topological polar surface area (TPSA) is 54.9 Å². The van der Waals surface area contributed by atoms with E-state index in [4.69, 9.17) is 0 Å². The molecular formula is C21H14FN3OS. The molecule has 0 aliphatic carbocycles. The first kappa shape index (κ1) is 17.1. The van der Waals surface area contributed by atoms with Crippen molar-refractivity contribution in [3.05, 3.63) is 95.4 Å². The lowest BCUT2D eigenvalue weighted by molar-refractivity contribution is 0.104. The number of halogens is 1. The Morgan fingerprint density at radius 1 is 0.963 bits per heavy atom. The van der Waals surface area contributed by atoms with Crippen molar-refractivity contribution in [2.45, 2.75) is 0 Å². The number of rotatable bonds is 5. The van der Waals surface area contributed by atoms with E-state index < -0.39 is 0 Å². The summed E-state index contributed by atoms with van der Waals surface area (Å²) in [5.74, 6) is -0.566. The van der Waals surface area contributed by atoms with Gasteiger partial charge in [0.2, 0.25) is 5.78 Å². The molecule has 0 spiro atoms. The third kappa shape index (κ3) is 3.75. The SMILES string of the molecule is O=C(c1ccc(F)cc1)c1sc(Nc2cccnc2)nc1-c1ccccc1. The Morgan fingerprint density at radius 3 is 2.44 bits per heavy atom. The van der Waals surface area contributed by atoms with E-state index in [0.29, 0.717) is 21.3 Å². The van der Waals surface area contributed by atoms with Crippen molar-refractivity contribution in [1.82, 2.24) is 9.97 Å². The van der Waals surface area contributed by atoms with Gasteiger partial charge in [-0.25, -0.2) is 9.37 Å². The molecule has 2 aromatic heterocycles. The van der Waals surface area contributed by atoms with Crippen molar-refractivity contribution in [2.75, 3.05) is 5.32 Å². The first-order valence-corrected chi connectivity index (χ1v) is 9.06. The van der Waals surface area contributed by atoms with Crippen LogP contribution in [-0.4, -0.2) is 15.8 Å². The number of hydrogen-bond acceptors (Lipinski definition) is 5. The van der Waals surface area contributed by atoms with Crippen molar-refractivity contribution in [2.24, 2.45) is 0 Å². The second-order valence-corrected chi connectivity index (χ2v) is 6.76. The molecule has 0 unspecified atom stereocenters. The highest BCUT2D eigenvalue weighted by atomic mass is 32.1. The second-order valence-electron chi connectivity index (χ2n) is 5.77. The number of carbonyl (C=O) groups is 1. The zero-order valence-electron chi connectivity index (χ0n) is 14.1. The largest absolute Gasteiger partial charge is 0.330 e. The van der Waals surface area contributed by atoms with Crippen LogP contribution in [-0.2, 0) is 0 Å². The van der Waals surface area contributed by atoms with Crippen LogP contribution in [0.15, 0.2) is 79.1 Å². The molecule has 6 heteroatoms. The van der Waals surface area contributed by atoms with Crippen molar-refractivity contribution < 1.29 is 9.18 Å². The van der Waals surface area contributed by atoms with Crippen LogP contribution >= 0.6 is 11.3 Å². The van der Waals surface area contributed by atoms with E-state index in [0.717, 1.165) is 11.3 Å². The highest BCUT2D eigenvalue weighted by molar-refractivity contribution is 7.18. The molecule has 2 aromatic carbocycles. The summed E-state index contributed by atoms with van der Waals surface area (Å²) < 4.78 is 13.2. The van der Waals surface area contributed by atoms with Crippen molar-refractivity contribution in [1.29, 1.82) is 0 Å². The smallest absolute Gasteiger partial charge is 0.205 e. The molecule has 4 nitrogen and oxygen atoms in total. The van der Waals surface area contributed by atoms with E-state index in [9.17, 15) is 9.18 Å². The minimum absolute atomic E-state index is 0.189. The summed E-state index contributed by atoms with van der Waals surface area (Å²) in [6, 6.07) is 18.7. The maximum atomic E-state index is 13.2.